The van der Waals surface area contributed by atoms with Crippen LogP contribution in [0.2, 0.25) is 0 Å². The van der Waals surface area contributed by atoms with Crippen molar-refractivity contribution in [3.63, 3.8) is 0 Å². The molecule has 8 nitrogen and oxygen atoms in total. The lowest BCUT2D eigenvalue weighted by Crippen LogP contribution is -2.71. The summed E-state index contributed by atoms with van der Waals surface area (Å²) in [5.74, 6) is -2.26. The number of carbonyl (C=O) groups is 1. The van der Waals surface area contributed by atoms with Crippen molar-refractivity contribution < 1.29 is 29.0 Å². The van der Waals surface area contributed by atoms with Gasteiger partial charge in [0.15, 0.2) is 5.60 Å². The SMILES string of the molecule is CC([C@H]1C(=O)O[C@@H]2O[C@@]3(C)CC[C@H]4[C@H](C)CC[C@@H]1[C@@]24OO3)[N+](=O)[O-]. The average Bonchev–Trinajstić information content (AvgIpc) is 2.74. The molecule has 4 saturated heterocycles. The molecule has 0 aromatic rings. The topological polar surface area (TPSA) is 97.1 Å². The largest absolute Gasteiger partial charge is 0.432 e. The first-order chi connectivity index (χ1) is 11.3. The zero-order chi connectivity index (χ0) is 17.3. The van der Waals surface area contributed by atoms with Crippen LogP contribution in [0.3, 0.4) is 0 Å². The number of nitro groups is 1. The third kappa shape index (κ3) is 1.99. The van der Waals surface area contributed by atoms with Gasteiger partial charge in [-0.1, -0.05) is 6.92 Å². The summed E-state index contributed by atoms with van der Waals surface area (Å²) in [6, 6.07) is -1.04. The fourth-order valence-electron chi connectivity index (χ4n) is 5.22. The van der Waals surface area contributed by atoms with E-state index in [-0.39, 0.29) is 11.8 Å². The molecule has 1 unspecified atom stereocenters. The number of carbonyl (C=O) groups excluding carboxylic acids is 1. The van der Waals surface area contributed by atoms with Gasteiger partial charge in [0.05, 0.1) is 0 Å². The molecule has 1 spiro atoms. The second-order valence-electron chi connectivity index (χ2n) is 7.90. The van der Waals surface area contributed by atoms with Crippen LogP contribution in [-0.4, -0.2) is 34.6 Å². The van der Waals surface area contributed by atoms with Crippen molar-refractivity contribution in [2.75, 3.05) is 0 Å². The number of rotatable bonds is 2. The van der Waals surface area contributed by atoms with Gasteiger partial charge in [0.1, 0.15) is 5.92 Å². The van der Waals surface area contributed by atoms with E-state index in [4.69, 9.17) is 19.2 Å². The molecule has 1 saturated carbocycles. The average molecular weight is 341 g/mol. The molecule has 0 N–H and O–H groups in total. The molecule has 4 aliphatic heterocycles. The second-order valence-corrected chi connectivity index (χ2v) is 7.90. The van der Waals surface area contributed by atoms with E-state index < -0.39 is 40.5 Å². The number of fused-ring (bicyclic) bond motifs is 2. The Morgan fingerprint density at radius 2 is 2.00 bits per heavy atom. The van der Waals surface area contributed by atoms with Crippen LogP contribution in [-0.2, 0) is 24.0 Å². The normalized spacial score (nSPS) is 51.3. The Morgan fingerprint density at radius 1 is 1.25 bits per heavy atom. The summed E-state index contributed by atoms with van der Waals surface area (Å²) in [7, 11) is 0. The lowest BCUT2D eigenvalue weighted by atomic mass is 9.57. The van der Waals surface area contributed by atoms with Crippen molar-refractivity contribution in [1.82, 2.24) is 0 Å². The monoisotopic (exact) mass is 341 g/mol. The van der Waals surface area contributed by atoms with Crippen LogP contribution in [0.1, 0.15) is 46.5 Å². The molecule has 1 aliphatic carbocycles. The smallest absolute Gasteiger partial charge is 0.318 e. The Kier molecular flexibility index (Phi) is 3.47. The molecule has 5 aliphatic rings. The van der Waals surface area contributed by atoms with Gasteiger partial charge in [-0.15, -0.1) is 0 Å². The molecule has 8 heteroatoms. The van der Waals surface area contributed by atoms with E-state index in [1.165, 1.54) is 6.92 Å². The molecule has 5 fully saturated rings. The van der Waals surface area contributed by atoms with E-state index in [2.05, 4.69) is 6.92 Å². The van der Waals surface area contributed by atoms with Gasteiger partial charge in [0.25, 0.3) is 0 Å². The highest BCUT2D eigenvalue weighted by atomic mass is 17.3. The summed E-state index contributed by atoms with van der Waals surface area (Å²) in [6.45, 7) is 5.39. The van der Waals surface area contributed by atoms with Crippen molar-refractivity contribution in [2.24, 2.45) is 23.7 Å². The van der Waals surface area contributed by atoms with Crippen molar-refractivity contribution in [3.05, 3.63) is 10.1 Å². The molecule has 134 valence electrons. The van der Waals surface area contributed by atoms with E-state index in [0.717, 1.165) is 12.8 Å². The summed E-state index contributed by atoms with van der Waals surface area (Å²) in [5.41, 5.74) is -0.948. The van der Waals surface area contributed by atoms with Crippen molar-refractivity contribution >= 4 is 5.97 Å². The first kappa shape index (κ1) is 16.2. The van der Waals surface area contributed by atoms with Crippen molar-refractivity contribution in [3.8, 4) is 0 Å². The molecule has 0 aromatic carbocycles. The van der Waals surface area contributed by atoms with Gasteiger partial charge in [-0.2, -0.15) is 0 Å². The van der Waals surface area contributed by atoms with Crippen LogP contribution in [0.5, 0.6) is 0 Å². The summed E-state index contributed by atoms with van der Waals surface area (Å²) in [4.78, 5) is 35.0. The third-order valence-electron chi connectivity index (χ3n) is 6.56. The van der Waals surface area contributed by atoms with Gasteiger partial charge in [0.2, 0.25) is 18.1 Å². The fraction of sp³-hybridized carbons (Fsp3) is 0.938. The predicted molar refractivity (Wildman–Crippen MR) is 78.8 cm³/mol. The molecule has 4 heterocycles. The van der Waals surface area contributed by atoms with Crippen LogP contribution < -0.4 is 0 Å². The summed E-state index contributed by atoms with van der Waals surface area (Å²) < 4.78 is 11.5. The highest BCUT2D eigenvalue weighted by Crippen LogP contribution is 2.60. The fourth-order valence-corrected chi connectivity index (χ4v) is 5.22. The molecule has 24 heavy (non-hydrogen) atoms. The van der Waals surface area contributed by atoms with Crippen molar-refractivity contribution in [2.45, 2.75) is 70.2 Å². The van der Waals surface area contributed by atoms with E-state index >= 15 is 0 Å². The van der Waals surface area contributed by atoms with Gasteiger partial charge in [0, 0.05) is 30.1 Å². The summed E-state index contributed by atoms with van der Waals surface area (Å²) >= 11 is 0. The zero-order valence-electron chi connectivity index (χ0n) is 14.1. The second kappa shape index (κ2) is 5.12. The van der Waals surface area contributed by atoms with Gasteiger partial charge in [-0.3, -0.25) is 14.9 Å². The Hall–Kier alpha value is -1.25. The molecule has 0 radical (unpaired) electrons. The Morgan fingerprint density at radius 3 is 2.71 bits per heavy atom. The maximum Gasteiger partial charge on any atom is 0.318 e. The van der Waals surface area contributed by atoms with Crippen molar-refractivity contribution in [1.29, 1.82) is 0 Å². The minimum Gasteiger partial charge on any atom is -0.432 e. The molecule has 0 aromatic heterocycles. The Labute approximate surface area is 139 Å². The number of nitrogens with zero attached hydrogens (tertiary/aromatic N) is 1. The Bertz CT molecular complexity index is 583. The number of hydrogen-bond donors (Lipinski definition) is 0. The predicted octanol–water partition coefficient (Wildman–Crippen LogP) is 2.04. The quantitative estimate of drug-likeness (QED) is 0.328. The molecule has 5 rings (SSSR count). The number of esters is 1. The lowest BCUT2D eigenvalue weighted by molar-refractivity contribution is -0.571. The molecular formula is C16H23NO7. The van der Waals surface area contributed by atoms with E-state index in [1.54, 1.807) is 6.92 Å². The molecule has 8 atom stereocenters. The number of hydrogen-bond acceptors (Lipinski definition) is 7. The van der Waals surface area contributed by atoms with Gasteiger partial charge in [-0.25, -0.2) is 9.78 Å². The minimum atomic E-state index is -1.04. The maximum atomic E-state index is 12.6. The van der Waals surface area contributed by atoms with E-state index in [1.807, 2.05) is 0 Å². The van der Waals surface area contributed by atoms with Crippen LogP contribution >= 0.6 is 0 Å². The highest BCUT2D eigenvalue weighted by molar-refractivity contribution is 5.75. The van der Waals surface area contributed by atoms with E-state index in [0.29, 0.717) is 18.8 Å². The summed E-state index contributed by atoms with van der Waals surface area (Å²) in [5, 5.41) is 11.3. The lowest BCUT2D eigenvalue weighted by Gasteiger charge is -2.58. The van der Waals surface area contributed by atoms with Crippen LogP contribution in [0, 0.1) is 33.8 Å². The molecule has 2 bridgehead atoms. The van der Waals surface area contributed by atoms with Gasteiger partial charge >= 0.3 is 5.97 Å². The number of ether oxygens (including phenoxy) is 2. The molecular weight excluding hydrogens is 318 g/mol. The standard InChI is InChI=1S/C16H23NO7/c1-8-4-5-11-12(9(2)17(19)20)13(18)21-14-16(11)10(8)6-7-15(3,22-14)23-24-16/h8-12,14H,4-7H2,1-3H3/t8-,9?,10+,11+,12-,14-,15-,16-/m1/s1. The van der Waals surface area contributed by atoms with Gasteiger partial charge < -0.3 is 9.47 Å². The zero-order valence-corrected chi connectivity index (χ0v) is 14.1. The summed E-state index contributed by atoms with van der Waals surface area (Å²) in [6.07, 6.45) is 2.16. The highest BCUT2D eigenvalue weighted by Gasteiger charge is 2.72. The third-order valence-corrected chi connectivity index (χ3v) is 6.56. The molecule has 0 amide bonds. The van der Waals surface area contributed by atoms with Crippen LogP contribution in [0.4, 0.5) is 0 Å². The Balaban J connectivity index is 1.81. The maximum absolute atomic E-state index is 12.6. The van der Waals surface area contributed by atoms with Crippen LogP contribution in [0.25, 0.3) is 0 Å². The minimum absolute atomic E-state index is 0.0835. The van der Waals surface area contributed by atoms with Crippen LogP contribution in [0.15, 0.2) is 0 Å². The van der Waals surface area contributed by atoms with Gasteiger partial charge in [-0.05, 0) is 32.1 Å². The first-order valence-electron chi connectivity index (χ1n) is 8.67. The van der Waals surface area contributed by atoms with E-state index in [9.17, 15) is 14.9 Å². The first-order valence-corrected chi connectivity index (χ1v) is 8.67.